The van der Waals surface area contributed by atoms with Crippen LogP contribution in [0.25, 0.3) is 6.08 Å². The van der Waals surface area contributed by atoms with Crippen molar-refractivity contribution < 1.29 is 9.84 Å². The first kappa shape index (κ1) is 10.8. The number of fused-ring (bicyclic) bond motifs is 1. The lowest BCUT2D eigenvalue weighted by Crippen LogP contribution is -2.14. The third-order valence-electron chi connectivity index (χ3n) is 2.88. The molecule has 0 amide bonds. The van der Waals surface area contributed by atoms with E-state index in [1.807, 2.05) is 30.4 Å². The molecule has 0 aliphatic heterocycles. The normalized spacial score (nSPS) is 18.9. The standard InChI is InChI=1S/C14H14O2/c1-3-4-14(15)12-8-6-10-5-7-11(16-2)9-13(10)12/h1,5-9,12,14-15H,4H2,2H3. The lowest BCUT2D eigenvalue weighted by molar-refractivity contribution is 0.165. The second-order valence-electron chi connectivity index (χ2n) is 3.86. The van der Waals surface area contributed by atoms with Crippen molar-refractivity contribution in [1.29, 1.82) is 0 Å². The maximum absolute atomic E-state index is 9.92. The van der Waals surface area contributed by atoms with E-state index in [0.29, 0.717) is 6.42 Å². The first-order chi connectivity index (χ1) is 7.76. The van der Waals surface area contributed by atoms with Crippen LogP contribution in [-0.2, 0) is 0 Å². The first-order valence-corrected chi connectivity index (χ1v) is 5.24. The van der Waals surface area contributed by atoms with E-state index < -0.39 is 6.10 Å². The van der Waals surface area contributed by atoms with Gasteiger partial charge in [0.2, 0.25) is 0 Å². The van der Waals surface area contributed by atoms with Gasteiger partial charge in [0.05, 0.1) is 13.2 Å². The molecule has 1 N–H and O–H groups in total. The van der Waals surface area contributed by atoms with Gasteiger partial charge in [-0.15, -0.1) is 12.3 Å². The number of hydrogen-bond donors (Lipinski definition) is 1. The van der Waals surface area contributed by atoms with Crippen LogP contribution in [0.3, 0.4) is 0 Å². The van der Waals surface area contributed by atoms with Crippen LogP contribution in [0, 0.1) is 12.3 Å². The first-order valence-electron chi connectivity index (χ1n) is 5.24. The third kappa shape index (κ3) is 1.82. The van der Waals surface area contributed by atoms with Crippen molar-refractivity contribution in [2.45, 2.75) is 18.4 Å². The van der Waals surface area contributed by atoms with Crippen molar-refractivity contribution >= 4 is 6.08 Å². The summed E-state index contributed by atoms with van der Waals surface area (Å²) in [6, 6.07) is 5.87. The number of methoxy groups -OCH3 is 1. The Labute approximate surface area is 95.6 Å². The molecule has 0 saturated heterocycles. The molecule has 82 valence electrons. The molecular formula is C14H14O2. The van der Waals surface area contributed by atoms with Crippen LogP contribution in [0.15, 0.2) is 24.3 Å². The summed E-state index contributed by atoms with van der Waals surface area (Å²) in [5.41, 5.74) is 2.21. The molecule has 1 aromatic carbocycles. The van der Waals surface area contributed by atoms with E-state index in [1.54, 1.807) is 7.11 Å². The molecule has 0 radical (unpaired) electrons. The topological polar surface area (TPSA) is 29.5 Å². The third-order valence-corrected chi connectivity index (χ3v) is 2.88. The summed E-state index contributed by atoms with van der Waals surface area (Å²) < 4.78 is 5.18. The summed E-state index contributed by atoms with van der Waals surface area (Å²) >= 11 is 0. The second kappa shape index (κ2) is 4.42. The lowest BCUT2D eigenvalue weighted by Gasteiger charge is -2.16. The molecule has 16 heavy (non-hydrogen) atoms. The number of aliphatic hydroxyl groups is 1. The highest BCUT2D eigenvalue weighted by molar-refractivity contribution is 5.64. The van der Waals surface area contributed by atoms with Crippen LogP contribution in [-0.4, -0.2) is 18.3 Å². The molecule has 0 saturated carbocycles. The largest absolute Gasteiger partial charge is 0.497 e. The van der Waals surface area contributed by atoms with E-state index >= 15 is 0 Å². The second-order valence-corrected chi connectivity index (χ2v) is 3.86. The molecule has 0 spiro atoms. The van der Waals surface area contributed by atoms with Gasteiger partial charge in [-0.1, -0.05) is 18.2 Å². The van der Waals surface area contributed by atoms with Crippen molar-refractivity contribution in [3.63, 3.8) is 0 Å². The summed E-state index contributed by atoms with van der Waals surface area (Å²) in [5.74, 6) is 3.28. The van der Waals surface area contributed by atoms with Crippen LogP contribution in [0.4, 0.5) is 0 Å². The number of ether oxygens (including phenoxy) is 1. The Morgan fingerprint density at radius 2 is 2.38 bits per heavy atom. The summed E-state index contributed by atoms with van der Waals surface area (Å²) in [6.45, 7) is 0. The van der Waals surface area contributed by atoms with E-state index in [2.05, 4.69) is 5.92 Å². The predicted octanol–water partition coefficient (Wildman–Crippen LogP) is 2.19. The van der Waals surface area contributed by atoms with E-state index in [0.717, 1.165) is 16.9 Å². The van der Waals surface area contributed by atoms with Gasteiger partial charge in [0.1, 0.15) is 5.75 Å². The number of terminal acetylenes is 1. The Bertz CT molecular complexity index is 454. The zero-order valence-electron chi connectivity index (χ0n) is 9.18. The van der Waals surface area contributed by atoms with Crippen LogP contribution in [0.2, 0.25) is 0 Å². The molecule has 0 aromatic heterocycles. The number of benzene rings is 1. The Balaban J connectivity index is 2.30. The highest BCUT2D eigenvalue weighted by atomic mass is 16.5. The molecule has 2 rings (SSSR count). The van der Waals surface area contributed by atoms with Gasteiger partial charge in [-0.25, -0.2) is 0 Å². The van der Waals surface area contributed by atoms with Gasteiger partial charge in [-0.05, 0) is 23.3 Å². The molecule has 2 heteroatoms. The maximum Gasteiger partial charge on any atom is 0.119 e. The van der Waals surface area contributed by atoms with Gasteiger partial charge < -0.3 is 9.84 Å². The van der Waals surface area contributed by atoms with Gasteiger partial charge in [0.25, 0.3) is 0 Å². The van der Waals surface area contributed by atoms with Crippen molar-refractivity contribution in [3.8, 4) is 18.1 Å². The Kier molecular flexibility index (Phi) is 2.98. The minimum atomic E-state index is -0.519. The fourth-order valence-electron chi connectivity index (χ4n) is 2.01. The average Bonchev–Trinajstić information content (AvgIpc) is 2.71. The van der Waals surface area contributed by atoms with E-state index in [9.17, 15) is 5.11 Å². The Morgan fingerprint density at radius 1 is 1.56 bits per heavy atom. The zero-order chi connectivity index (χ0) is 11.5. The van der Waals surface area contributed by atoms with Crippen LogP contribution in [0.1, 0.15) is 23.5 Å². The highest BCUT2D eigenvalue weighted by Crippen LogP contribution is 2.35. The van der Waals surface area contributed by atoms with Crippen LogP contribution >= 0.6 is 0 Å². The van der Waals surface area contributed by atoms with Gasteiger partial charge in [0.15, 0.2) is 0 Å². The summed E-state index contributed by atoms with van der Waals surface area (Å²) in [7, 11) is 1.64. The van der Waals surface area contributed by atoms with Gasteiger partial charge in [0, 0.05) is 12.3 Å². The van der Waals surface area contributed by atoms with Crippen LogP contribution in [0.5, 0.6) is 5.75 Å². The van der Waals surface area contributed by atoms with E-state index in [4.69, 9.17) is 11.2 Å². The van der Waals surface area contributed by atoms with Crippen molar-refractivity contribution in [2.24, 2.45) is 0 Å². The SMILES string of the molecule is C#CCC(O)C1C=Cc2ccc(OC)cc21. The molecule has 1 aliphatic carbocycles. The monoisotopic (exact) mass is 214 g/mol. The summed E-state index contributed by atoms with van der Waals surface area (Å²) in [6.07, 6.45) is 9.07. The molecule has 0 heterocycles. The zero-order valence-corrected chi connectivity index (χ0v) is 9.18. The van der Waals surface area contributed by atoms with E-state index in [1.165, 1.54) is 0 Å². The maximum atomic E-state index is 9.92. The predicted molar refractivity (Wildman–Crippen MR) is 64.2 cm³/mol. The lowest BCUT2D eigenvalue weighted by atomic mass is 9.93. The van der Waals surface area contributed by atoms with Crippen molar-refractivity contribution in [2.75, 3.05) is 7.11 Å². The molecular weight excluding hydrogens is 200 g/mol. The number of aliphatic hydroxyl groups excluding tert-OH is 1. The van der Waals surface area contributed by atoms with Crippen molar-refractivity contribution in [3.05, 3.63) is 35.4 Å². The Hall–Kier alpha value is -1.72. The molecule has 1 aromatic rings. The fraction of sp³-hybridized carbons (Fsp3) is 0.286. The minimum Gasteiger partial charge on any atom is -0.497 e. The van der Waals surface area contributed by atoms with Gasteiger partial charge >= 0.3 is 0 Å². The van der Waals surface area contributed by atoms with E-state index in [-0.39, 0.29) is 5.92 Å². The molecule has 0 bridgehead atoms. The van der Waals surface area contributed by atoms with Gasteiger partial charge in [-0.2, -0.15) is 0 Å². The van der Waals surface area contributed by atoms with Gasteiger partial charge in [-0.3, -0.25) is 0 Å². The molecule has 2 nitrogen and oxygen atoms in total. The molecule has 0 fully saturated rings. The Morgan fingerprint density at radius 3 is 3.06 bits per heavy atom. The number of rotatable bonds is 3. The summed E-state index contributed by atoms with van der Waals surface area (Å²) in [4.78, 5) is 0. The van der Waals surface area contributed by atoms with Crippen LogP contribution < -0.4 is 4.74 Å². The number of hydrogen-bond acceptors (Lipinski definition) is 2. The summed E-state index contributed by atoms with van der Waals surface area (Å²) in [5, 5.41) is 9.92. The molecule has 1 aliphatic rings. The minimum absolute atomic E-state index is 0.0128. The molecule has 2 unspecified atom stereocenters. The quantitative estimate of drug-likeness (QED) is 0.781. The average molecular weight is 214 g/mol. The highest BCUT2D eigenvalue weighted by Gasteiger charge is 2.24. The van der Waals surface area contributed by atoms with Crippen molar-refractivity contribution in [1.82, 2.24) is 0 Å². The smallest absolute Gasteiger partial charge is 0.119 e. The fourth-order valence-corrected chi connectivity index (χ4v) is 2.01. The molecule has 2 atom stereocenters.